The predicted molar refractivity (Wildman–Crippen MR) is 85.2 cm³/mol. The molecular weight excluding hydrogens is 320 g/mol. The molecule has 6 nitrogen and oxygen atoms in total. The minimum atomic E-state index is -0.659. The summed E-state index contributed by atoms with van der Waals surface area (Å²) in [6, 6.07) is 12.7. The highest BCUT2D eigenvalue weighted by Crippen LogP contribution is 2.24. The van der Waals surface area contributed by atoms with Gasteiger partial charge in [0.15, 0.2) is 5.70 Å². The molecule has 3 rings (SSSR count). The van der Waals surface area contributed by atoms with Crippen molar-refractivity contribution < 1.29 is 14.5 Å². The fraction of sp³-hybridized carbons (Fsp3) is 0. The van der Waals surface area contributed by atoms with Gasteiger partial charge in [-0.15, -0.1) is 0 Å². The molecule has 0 atom stereocenters. The summed E-state index contributed by atoms with van der Waals surface area (Å²) in [4.78, 5) is 26.5. The van der Waals surface area contributed by atoms with Crippen molar-refractivity contribution in [3.63, 3.8) is 0 Å². The Morgan fingerprint density at radius 1 is 1.13 bits per heavy atom. The van der Waals surface area contributed by atoms with Crippen LogP contribution < -0.4 is 0 Å². The molecule has 0 bridgehead atoms. The van der Waals surface area contributed by atoms with E-state index in [0.717, 1.165) is 0 Å². The standard InChI is InChI=1S/C16H9ClN2O4/c17-12-7-5-10(6-8-12)15-18-13(16(20)23-15)9-11-3-1-2-4-14(11)19(21)22/h1-9H. The fourth-order valence-electron chi connectivity index (χ4n) is 2.05. The molecule has 7 heteroatoms. The molecule has 0 saturated carbocycles. The Kier molecular flexibility index (Phi) is 3.91. The zero-order chi connectivity index (χ0) is 16.4. The van der Waals surface area contributed by atoms with Crippen molar-refractivity contribution in [3.8, 4) is 0 Å². The van der Waals surface area contributed by atoms with E-state index in [4.69, 9.17) is 16.3 Å². The lowest BCUT2D eigenvalue weighted by atomic mass is 10.1. The SMILES string of the molecule is O=C1OC(c2ccc(Cl)cc2)=NC1=Cc1ccccc1[N+](=O)[O-]. The molecule has 0 aliphatic carbocycles. The van der Waals surface area contributed by atoms with Gasteiger partial charge in [0, 0.05) is 16.7 Å². The van der Waals surface area contributed by atoms with Crippen LogP contribution >= 0.6 is 11.6 Å². The van der Waals surface area contributed by atoms with Gasteiger partial charge in [-0.3, -0.25) is 10.1 Å². The summed E-state index contributed by atoms with van der Waals surface area (Å²) < 4.78 is 5.10. The summed E-state index contributed by atoms with van der Waals surface area (Å²) in [5, 5.41) is 11.6. The molecule has 0 saturated heterocycles. The van der Waals surface area contributed by atoms with E-state index in [-0.39, 0.29) is 22.8 Å². The topological polar surface area (TPSA) is 81.8 Å². The molecule has 0 aromatic heterocycles. The van der Waals surface area contributed by atoms with Gasteiger partial charge in [0.05, 0.1) is 10.5 Å². The van der Waals surface area contributed by atoms with Crippen molar-refractivity contribution in [2.45, 2.75) is 0 Å². The Hall–Kier alpha value is -2.99. The lowest BCUT2D eigenvalue weighted by molar-refractivity contribution is -0.385. The Balaban J connectivity index is 1.99. The van der Waals surface area contributed by atoms with Crippen LogP contribution in [0.5, 0.6) is 0 Å². The van der Waals surface area contributed by atoms with Gasteiger partial charge in [0.2, 0.25) is 5.90 Å². The molecular formula is C16H9ClN2O4. The predicted octanol–water partition coefficient (Wildman–Crippen LogP) is 3.59. The molecule has 1 aliphatic rings. The van der Waals surface area contributed by atoms with Gasteiger partial charge >= 0.3 is 5.97 Å². The number of nitrogens with zero attached hydrogens (tertiary/aromatic N) is 2. The highest BCUT2D eigenvalue weighted by atomic mass is 35.5. The number of benzene rings is 2. The molecule has 0 spiro atoms. The minimum absolute atomic E-state index is 0.00394. The van der Waals surface area contributed by atoms with Crippen LogP contribution in [-0.4, -0.2) is 16.8 Å². The number of aliphatic imine (C=N–C) groups is 1. The Morgan fingerprint density at radius 3 is 2.52 bits per heavy atom. The maximum absolute atomic E-state index is 11.9. The van der Waals surface area contributed by atoms with E-state index in [1.807, 2.05) is 0 Å². The van der Waals surface area contributed by atoms with Crippen LogP contribution in [-0.2, 0) is 9.53 Å². The van der Waals surface area contributed by atoms with Crippen molar-refractivity contribution in [2.75, 3.05) is 0 Å². The third-order valence-electron chi connectivity index (χ3n) is 3.14. The summed E-state index contributed by atoms with van der Waals surface area (Å²) in [6.45, 7) is 0. The summed E-state index contributed by atoms with van der Waals surface area (Å²) in [7, 11) is 0. The van der Waals surface area contributed by atoms with E-state index < -0.39 is 10.9 Å². The summed E-state index contributed by atoms with van der Waals surface area (Å²) in [6.07, 6.45) is 1.34. The third-order valence-corrected chi connectivity index (χ3v) is 3.39. The van der Waals surface area contributed by atoms with Gasteiger partial charge in [0.25, 0.3) is 5.69 Å². The first-order valence-corrected chi connectivity index (χ1v) is 6.94. The summed E-state index contributed by atoms with van der Waals surface area (Å²) >= 11 is 5.81. The monoisotopic (exact) mass is 328 g/mol. The van der Waals surface area contributed by atoms with Crippen LogP contribution in [0.15, 0.2) is 59.2 Å². The lowest BCUT2D eigenvalue weighted by Gasteiger charge is -1.98. The van der Waals surface area contributed by atoms with Gasteiger partial charge < -0.3 is 4.74 Å². The van der Waals surface area contributed by atoms with Crippen molar-refractivity contribution in [2.24, 2.45) is 4.99 Å². The largest absolute Gasteiger partial charge is 0.402 e. The molecule has 0 radical (unpaired) electrons. The maximum atomic E-state index is 11.9. The normalized spacial score (nSPS) is 15.4. The van der Waals surface area contributed by atoms with Crippen LogP contribution in [0.25, 0.3) is 6.08 Å². The number of halogens is 1. The number of nitro groups is 1. The van der Waals surface area contributed by atoms with Crippen LogP contribution in [0.2, 0.25) is 5.02 Å². The van der Waals surface area contributed by atoms with E-state index in [1.54, 1.807) is 36.4 Å². The number of hydrogen-bond acceptors (Lipinski definition) is 5. The smallest absolute Gasteiger partial charge is 0.363 e. The number of carbonyl (C=O) groups excluding carboxylic acids is 1. The molecule has 2 aromatic rings. The number of carbonyl (C=O) groups is 1. The molecule has 0 fully saturated rings. The van der Waals surface area contributed by atoms with E-state index in [1.165, 1.54) is 18.2 Å². The second-order valence-corrected chi connectivity index (χ2v) is 5.10. The first-order valence-electron chi connectivity index (χ1n) is 6.56. The van der Waals surface area contributed by atoms with Crippen molar-refractivity contribution in [1.82, 2.24) is 0 Å². The molecule has 0 unspecified atom stereocenters. The number of ether oxygens (including phenoxy) is 1. The van der Waals surface area contributed by atoms with E-state index in [9.17, 15) is 14.9 Å². The second-order valence-electron chi connectivity index (χ2n) is 4.66. The molecule has 1 heterocycles. The third kappa shape index (κ3) is 3.12. The maximum Gasteiger partial charge on any atom is 0.363 e. The fourth-order valence-corrected chi connectivity index (χ4v) is 2.17. The zero-order valence-electron chi connectivity index (χ0n) is 11.6. The number of esters is 1. The van der Waals surface area contributed by atoms with Crippen molar-refractivity contribution >= 4 is 35.2 Å². The Morgan fingerprint density at radius 2 is 1.83 bits per heavy atom. The first-order chi connectivity index (χ1) is 11.0. The van der Waals surface area contributed by atoms with E-state index in [0.29, 0.717) is 10.6 Å². The van der Waals surface area contributed by atoms with Crippen LogP contribution in [0.1, 0.15) is 11.1 Å². The molecule has 23 heavy (non-hydrogen) atoms. The van der Waals surface area contributed by atoms with Crippen LogP contribution in [0, 0.1) is 10.1 Å². The molecule has 1 aliphatic heterocycles. The van der Waals surface area contributed by atoms with E-state index in [2.05, 4.69) is 4.99 Å². The van der Waals surface area contributed by atoms with Gasteiger partial charge in [0.1, 0.15) is 0 Å². The highest BCUT2D eigenvalue weighted by Gasteiger charge is 2.25. The zero-order valence-corrected chi connectivity index (χ0v) is 12.4. The summed E-state index contributed by atoms with van der Waals surface area (Å²) in [5.41, 5.74) is 0.770. The molecule has 0 N–H and O–H groups in total. The summed E-state index contributed by atoms with van der Waals surface area (Å²) in [5.74, 6) is -0.524. The molecule has 114 valence electrons. The molecule has 2 aromatic carbocycles. The molecule has 0 amide bonds. The average molecular weight is 329 g/mol. The van der Waals surface area contributed by atoms with Gasteiger partial charge in [-0.25, -0.2) is 9.79 Å². The Labute approximate surface area is 135 Å². The number of hydrogen-bond donors (Lipinski definition) is 0. The van der Waals surface area contributed by atoms with Gasteiger partial charge in [-0.1, -0.05) is 23.7 Å². The van der Waals surface area contributed by atoms with Crippen molar-refractivity contribution in [1.29, 1.82) is 0 Å². The highest BCUT2D eigenvalue weighted by molar-refractivity contribution is 6.30. The quantitative estimate of drug-likeness (QED) is 0.373. The van der Waals surface area contributed by atoms with Gasteiger partial charge in [-0.2, -0.15) is 0 Å². The average Bonchev–Trinajstić information content (AvgIpc) is 2.89. The number of nitro benzene ring substituents is 1. The number of rotatable bonds is 3. The van der Waals surface area contributed by atoms with Crippen LogP contribution in [0.4, 0.5) is 5.69 Å². The number of cyclic esters (lactones) is 1. The minimum Gasteiger partial charge on any atom is -0.402 e. The van der Waals surface area contributed by atoms with Gasteiger partial charge in [-0.05, 0) is 36.4 Å². The number of para-hydroxylation sites is 1. The van der Waals surface area contributed by atoms with Crippen LogP contribution in [0.3, 0.4) is 0 Å². The Bertz CT molecular complexity index is 857. The second kappa shape index (κ2) is 6.02. The van der Waals surface area contributed by atoms with Crippen molar-refractivity contribution in [3.05, 3.63) is 80.5 Å². The lowest BCUT2D eigenvalue weighted by Crippen LogP contribution is -2.05. The van der Waals surface area contributed by atoms with E-state index >= 15 is 0 Å². The first kappa shape index (κ1) is 14.9.